The van der Waals surface area contributed by atoms with E-state index in [1.54, 1.807) is 7.11 Å². The molecule has 0 fully saturated rings. The number of aromatic amines is 1. The lowest BCUT2D eigenvalue weighted by Crippen LogP contribution is -2.34. The molecule has 0 amide bonds. The molecule has 0 bridgehead atoms. The van der Waals surface area contributed by atoms with Gasteiger partial charge in [0.25, 0.3) is 0 Å². The number of ketones is 1. The molecule has 0 unspecified atom stereocenters. The lowest BCUT2D eigenvalue weighted by Gasteiger charge is -2.34. The van der Waals surface area contributed by atoms with Gasteiger partial charge in [0.2, 0.25) is 0 Å². The average molecular weight is 380 g/mol. The number of hydrogen-bond donors (Lipinski definition) is 2. The highest BCUT2D eigenvalue weighted by molar-refractivity contribution is 6.04. The Morgan fingerprint density at radius 1 is 1.21 bits per heavy atom. The summed E-state index contributed by atoms with van der Waals surface area (Å²) in [4.78, 5) is 29.0. The summed E-state index contributed by atoms with van der Waals surface area (Å²) in [6, 6.07) is 8.01. The zero-order valence-electron chi connectivity index (χ0n) is 16.1. The summed E-state index contributed by atoms with van der Waals surface area (Å²) in [5.41, 5.74) is 4.82. The molecule has 2 N–H and O–H groups in total. The predicted molar refractivity (Wildman–Crippen MR) is 106 cm³/mol. The molecule has 1 atom stereocenters. The molecule has 6 heteroatoms. The van der Waals surface area contributed by atoms with E-state index in [1.807, 2.05) is 37.4 Å². The van der Waals surface area contributed by atoms with Crippen molar-refractivity contribution in [3.8, 4) is 0 Å². The van der Waals surface area contributed by atoms with E-state index in [1.165, 1.54) is 0 Å². The monoisotopic (exact) mass is 380 g/mol. The number of carbonyl (C=O) groups excluding carboxylic acids is 2. The van der Waals surface area contributed by atoms with Gasteiger partial charge in [0.05, 0.1) is 12.2 Å². The fourth-order valence-corrected chi connectivity index (χ4v) is 4.13. The summed E-state index contributed by atoms with van der Waals surface area (Å²) in [6.07, 6.45) is 4.03. The Morgan fingerprint density at radius 3 is 2.89 bits per heavy atom. The van der Waals surface area contributed by atoms with E-state index < -0.39 is 11.9 Å². The Balaban J connectivity index is 1.80. The van der Waals surface area contributed by atoms with E-state index in [2.05, 4.69) is 10.3 Å². The van der Waals surface area contributed by atoms with Crippen LogP contribution >= 0.6 is 0 Å². The third kappa shape index (κ3) is 3.24. The first-order chi connectivity index (χ1) is 13.6. The molecular weight excluding hydrogens is 356 g/mol. The standard InChI is InChI=1S/C22H24N2O4/c1-13-19(22(26)28-11-10-27-2)20(21-17(24-13)4-3-5-18(21)25)15-6-7-16-14(12-15)8-9-23-16/h6-9,12,20,23-24H,3-5,10-11H2,1-2H3/t20-/m1/s1. The molecule has 6 nitrogen and oxygen atoms in total. The third-order valence-electron chi connectivity index (χ3n) is 5.43. The molecular formula is C22H24N2O4. The lowest BCUT2D eigenvalue weighted by atomic mass is 9.75. The topological polar surface area (TPSA) is 80.4 Å². The molecule has 1 aromatic heterocycles. The Bertz CT molecular complexity index is 999. The second-order valence-corrected chi connectivity index (χ2v) is 7.22. The van der Waals surface area contributed by atoms with Crippen LogP contribution in [0.25, 0.3) is 10.9 Å². The maximum absolute atomic E-state index is 12.9. The maximum Gasteiger partial charge on any atom is 0.336 e. The van der Waals surface area contributed by atoms with Crippen molar-refractivity contribution in [1.29, 1.82) is 0 Å². The van der Waals surface area contributed by atoms with Crippen molar-refractivity contribution >= 4 is 22.7 Å². The number of H-pyrrole nitrogens is 1. The second-order valence-electron chi connectivity index (χ2n) is 7.22. The van der Waals surface area contributed by atoms with Crippen molar-refractivity contribution in [3.05, 3.63) is 58.6 Å². The molecule has 146 valence electrons. The van der Waals surface area contributed by atoms with Gasteiger partial charge >= 0.3 is 5.97 Å². The molecule has 0 saturated heterocycles. The van der Waals surface area contributed by atoms with Crippen LogP contribution in [0, 0.1) is 0 Å². The summed E-state index contributed by atoms with van der Waals surface area (Å²) in [5, 5.41) is 4.35. The molecule has 0 spiro atoms. The van der Waals surface area contributed by atoms with Crippen molar-refractivity contribution in [2.24, 2.45) is 0 Å². The van der Waals surface area contributed by atoms with Gasteiger partial charge in [-0.25, -0.2) is 4.79 Å². The highest BCUT2D eigenvalue weighted by atomic mass is 16.6. The molecule has 0 saturated carbocycles. The van der Waals surface area contributed by atoms with Gasteiger partial charge in [-0.15, -0.1) is 0 Å². The number of fused-ring (bicyclic) bond motifs is 1. The average Bonchev–Trinajstić information content (AvgIpc) is 3.15. The molecule has 28 heavy (non-hydrogen) atoms. The van der Waals surface area contributed by atoms with Gasteiger partial charge in [-0.1, -0.05) is 6.07 Å². The minimum Gasteiger partial charge on any atom is -0.460 e. The number of hydrogen-bond acceptors (Lipinski definition) is 5. The van der Waals surface area contributed by atoms with E-state index in [0.717, 1.165) is 40.7 Å². The van der Waals surface area contributed by atoms with E-state index in [0.29, 0.717) is 24.2 Å². The number of methoxy groups -OCH3 is 1. The lowest BCUT2D eigenvalue weighted by molar-refractivity contribution is -0.140. The minimum absolute atomic E-state index is 0.0996. The molecule has 2 aliphatic rings. The predicted octanol–water partition coefficient (Wildman–Crippen LogP) is 3.33. The van der Waals surface area contributed by atoms with Gasteiger partial charge in [-0.2, -0.15) is 0 Å². The molecule has 0 radical (unpaired) electrons. The van der Waals surface area contributed by atoms with Crippen molar-refractivity contribution in [2.45, 2.75) is 32.1 Å². The van der Waals surface area contributed by atoms with Gasteiger partial charge in [0.15, 0.2) is 5.78 Å². The van der Waals surface area contributed by atoms with Crippen LogP contribution in [0.5, 0.6) is 0 Å². The SMILES string of the molecule is COCCOC(=O)C1=C(C)NC2=C(C(=O)CCC2)[C@@H]1c1ccc2[nH]ccc2c1. The summed E-state index contributed by atoms with van der Waals surface area (Å²) in [6.45, 7) is 2.38. The smallest absolute Gasteiger partial charge is 0.336 e. The van der Waals surface area contributed by atoms with E-state index >= 15 is 0 Å². The highest BCUT2D eigenvalue weighted by Gasteiger charge is 2.39. The minimum atomic E-state index is -0.418. The van der Waals surface area contributed by atoms with Crippen LogP contribution in [0.4, 0.5) is 0 Å². The van der Waals surface area contributed by atoms with Crippen molar-refractivity contribution in [2.75, 3.05) is 20.3 Å². The Labute approximate surface area is 163 Å². The Hall–Kier alpha value is -2.86. The fourth-order valence-electron chi connectivity index (χ4n) is 4.13. The maximum atomic E-state index is 12.9. The zero-order chi connectivity index (χ0) is 19.7. The van der Waals surface area contributed by atoms with Gasteiger partial charge in [0.1, 0.15) is 6.61 Å². The summed E-state index contributed by atoms with van der Waals surface area (Å²) in [7, 11) is 1.56. The number of benzene rings is 1. The normalized spacial score (nSPS) is 19.6. The quantitative estimate of drug-likeness (QED) is 0.614. The van der Waals surface area contributed by atoms with Gasteiger partial charge < -0.3 is 19.8 Å². The first-order valence-corrected chi connectivity index (χ1v) is 9.57. The number of Topliss-reactive ketones (excluding diaryl/α,β-unsaturated/α-hetero) is 1. The third-order valence-corrected chi connectivity index (χ3v) is 5.43. The second kappa shape index (κ2) is 7.64. The van der Waals surface area contributed by atoms with Crippen LogP contribution in [0.2, 0.25) is 0 Å². The molecule has 4 rings (SSSR count). The van der Waals surface area contributed by atoms with Crippen LogP contribution < -0.4 is 5.32 Å². The van der Waals surface area contributed by atoms with Gasteiger partial charge in [-0.05, 0) is 48.9 Å². The number of ether oxygens (including phenoxy) is 2. The number of esters is 1. The first kappa shape index (κ1) is 18.5. The molecule has 2 aromatic rings. The molecule has 1 aliphatic heterocycles. The van der Waals surface area contributed by atoms with Gasteiger partial charge in [0, 0.05) is 48.1 Å². The summed E-state index contributed by atoms with van der Waals surface area (Å²) in [5.74, 6) is -0.729. The first-order valence-electron chi connectivity index (χ1n) is 9.57. The fraction of sp³-hybridized carbons (Fsp3) is 0.364. The number of allylic oxidation sites excluding steroid dienone is 3. The highest BCUT2D eigenvalue weighted by Crippen LogP contribution is 2.43. The number of carbonyl (C=O) groups is 2. The summed E-state index contributed by atoms with van der Waals surface area (Å²) < 4.78 is 10.4. The van der Waals surface area contributed by atoms with Crippen molar-refractivity contribution < 1.29 is 19.1 Å². The van der Waals surface area contributed by atoms with Crippen LogP contribution in [0.1, 0.15) is 37.7 Å². The molecule has 1 aliphatic carbocycles. The largest absolute Gasteiger partial charge is 0.460 e. The number of dihydropyridines is 1. The van der Waals surface area contributed by atoms with Crippen LogP contribution in [-0.2, 0) is 19.1 Å². The van der Waals surface area contributed by atoms with Gasteiger partial charge in [-0.3, -0.25) is 4.79 Å². The number of rotatable bonds is 5. The Morgan fingerprint density at radius 2 is 2.07 bits per heavy atom. The van der Waals surface area contributed by atoms with Crippen molar-refractivity contribution in [3.63, 3.8) is 0 Å². The van der Waals surface area contributed by atoms with E-state index in [9.17, 15) is 9.59 Å². The van der Waals surface area contributed by atoms with Crippen molar-refractivity contribution in [1.82, 2.24) is 10.3 Å². The van der Waals surface area contributed by atoms with E-state index in [-0.39, 0.29) is 12.4 Å². The van der Waals surface area contributed by atoms with Crippen LogP contribution in [0.15, 0.2) is 53.0 Å². The molecule has 2 heterocycles. The number of nitrogens with one attached hydrogen (secondary N) is 2. The van der Waals surface area contributed by atoms with Crippen LogP contribution in [-0.4, -0.2) is 37.1 Å². The summed E-state index contributed by atoms with van der Waals surface area (Å²) >= 11 is 0. The number of aromatic nitrogens is 1. The van der Waals surface area contributed by atoms with E-state index in [4.69, 9.17) is 9.47 Å². The zero-order valence-corrected chi connectivity index (χ0v) is 16.1. The Kier molecular flexibility index (Phi) is 5.05. The molecule has 1 aromatic carbocycles. The van der Waals surface area contributed by atoms with Crippen LogP contribution in [0.3, 0.4) is 0 Å².